The van der Waals surface area contributed by atoms with Crippen LogP contribution in [-0.4, -0.2) is 5.91 Å². The number of carbonyl (C=O) groups excluding carboxylic acids is 1. The molecule has 0 fully saturated rings. The molecule has 0 saturated carbocycles. The summed E-state index contributed by atoms with van der Waals surface area (Å²) < 4.78 is 5.56. The maximum absolute atomic E-state index is 12.1. The van der Waals surface area contributed by atoms with Gasteiger partial charge >= 0.3 is 0 Å². The number of rotatable bonds is 3. The van der Waals surface area contributed by atoms with Crippen LogP contribution in [0.15, 0.2) is 59.0 Å². The zero-order valence-electron chi connectivity index (χ0n) is 11.2. The number of carbonyl (C=O) groups is 1. The Bertz CT molecular complexity index is 744. The first kappa shape index (κ1) is 12.5. The van der Waals surface area contributed by atoms with Gasteiger partial charge in [-0.3, -0.25) is 4.79 Å². The zero-order valence-corrected chi connectivity index (χ0v) is 11.2. The van der Waals surface area contributed by atoms with Crippen LogP contribution in [0, 0.1) is 6.92 Å². The summed E-state index contributed by atoms with van der Waals surface area (Å²) in [4.78, 5) is 12.1. The van der Waals surface area contributed by atoms with Crippen LogP contribution in [0.25, 0.3) is 11.0 Å². The van der Waals surface area contributed by atoms with E-state index in [1.165, 1.54) is 0 Å². The lowest BCUT2D eigenvalue weighted by molar-refractivity contribution is 0.0925. The number of hydrogen-bond donors (Lipinski definition) is 1. The SMILES string of the molecule is Cc1ccc2oc(C(=O)NCc3ccccc3)cc2c1. The fourth-order valence-corrected chi connectivity index (χ4v) is 2.14. The molecule has 0 spiro atoms. The van der Waals surface area contributed by atoms with Gasteiger partial charge in [-0.05, 0) is 30.7 Å². The Morgan fingerprint density at radius 1 is 1.10 bits per heavy atom. The number of fused-ring (bicyclic) bond motifs is 1. The number of aryl methyl sites for hydroxylation is 1. The predicted molar refractivity (Wildman–Crippen MR) is 78.6 cm³/mol. The quantitative estimate of drug-likeness (QED) is 0.785. The van der Waals surface area contributed by atoms with Crippen molar-refractivity contribution in [3.63, 3.8) is 0 Å². The van der Waals surface area contributed by atoms with Crippen LogP contribution in [0.2, 0.25) is 0 Å². The van der Waals surface area contributed by atoms with Gasteiger partial charge in [-0.15, -0.1) is 0 Å². The molecular formula is C17H15NO2. The smallest absolute Gasteiger partial charge is 0.287 e. The minimum atomic E-state index is -0.192. The van der Waals surface area contributed by atoms with E-state index in [-0.39, 0.29) is 5.91 Å². The van der Waals surface area contributed by atoms with E-state index in [4.69, 9.17) is 4.42 Å². The van der Waals surface area contributed by atoms with Crippen LogP contribution >= 0.6 is 0 Å². The average Bonchev–Trinajstić information content (AvgIpc) is 2.89. The second-order valence-electron chi connectivity index (χ2n) is 4.82. The molecule has 20 heavy (non-hydrogen) atoms. The highest BCUT2D eigenvalue weighted by atomic mass is 16.3. The Hall–Kier alpha value is -2.55. The summed E-state index contributed by atoms with van der Waals surface area (Å²) in [6.07, 6.45) is 0. The fraction of sp³-hybridized carbons (Fsp3) is 0.118. The van der Waals surface area contributed by atoms with E-state index in [1.807, 2.05) is 55.5 Å². The maximum atomic E-state index is 12.1. The number of amides is 1. The second-order valence-corrected chi connectivity index (χ2v) is 4.82. The molecule has 3 heteroatoms. The van der Waals surface area contributed by atoms with Crippen molar-refractivity contribution in [1.82, 2.24) is 5.32 Å². The molecule has 3 nitrogen and oxygen atoms in total. The Labute approximate surface area is 117 Å². The number of furan rings is 1. The standard InChI is InChI=1S/C17H15NO2/c1-12-7-8-15-14(9-12)10-16(20-15)17(19)18-11-13-5-3-2-4-6-13/h2-10H,11H2,1H3,(H,18,19). The van der Waals surface area contributed by atoms with Crippen LogP contribution in [0.3, 0.4) is 0 Å². The highest BCUT2D eigenvalue weighted by Gasteiger charge is 2.11. The molecule has 1 N–H and O–H groups in total. The third kappa shape index (κ3) is 2.57. The van der Waals surface area contributed by atoms with Gasteiger partial charge in [-0.1, -0.05) is 42.0 Å². The topological polar surface area (TPSA) is 42.2 Å². The normalized spacial score (nSPS) is 10.7. The van der Waals surface area contributed by atoms with Crippen molar-refractivity contribution >= 4 is 16.9 Å². The third-order valence-corrected chi connectivity index (χ3v) is 3.19. The van der Waals surface area contributed by atoms with E-state index in [0.717, 1.165) is 22.1 Å². The molecule has 1 aromatic heterocycles. The molecule has 1 heterocycles. The lowest BCUT2D eigenvalue weighted by Gasteiger charge is -2.02. The van der Waals surface area contributed by atoms with Crippen LogP contribution in [0.5, 0.6) is 0 Å². The van der Waals surface area contributed by atoms with E-state index >= 15 is 0 Å². The first-order valence-electron chi connectivity index (χ1n) is 6.55. The number of hydrogen-bond acceptors (Lipinski definition) is 2. The number of benzene rings is 2. The van der Waals surface area contributed by atoms with Crippen molar-refractivity contribution in [1.29, 1.82) is 0 Å². The number of nitrogens with one attached hydrogen (secondary N) is 1. The van der Waals surface area contributed by atoms with Crippen molar-refractivity contribution < 1.29 is 9.21 Å². The van der Waals surface area contributed by atoms with Crippen molar-refractivity contribution in [2.24, 2.45) is 0 Å². The van der Waals surface area contributed by atoms with Gasteiger partial charge in [0.1, 0.15) is 5.58 Å². The van der Waals surface area contributed by atoms with Gasteiger partial charge < -0.3 is 9.73 Å². The molecule has 0 unspecified atom stereocenters. The molecular weight excluding hydrogens is 250 g/mol. The molecule has 0 aliphatic rings. The Balaban J connectivity index is 1.75. The minimum absolute atomic E-state index is 0.192. The van der Waals surface area contributed by atoms with Gasteiger partial charge in [0.25, 0.3) is 5.91 Å². The molecule has 0 atom stereocenters. The molecule has 1 amide bonds. The minimum Gasteiger partial charge on any atom is -0.451 e. The van der Waals surface area contributed by atoms with Crippen molar-refractivity contribution in [3.05, 3.63) is 71.5 Å². The highest BCUT2D eigenvalue weighted by Crippen LogP contribution is 2.20. The molecule has 2 aromatic carbocycles. The summed E-state index contributed by atoms with van der Waals surface area (Å²) in [5.41, 5.74) is 2.95. The Morgan fingerprint density at radius 2 is 1.90 bits per heavy atom. The van der Waals surface area contributed by atoms with Crippen molar-refractivity contribution in [2.45, 2.75) is 13.5 Å². The molecule has 3 rings (SSSR count). The molecule has 3 aromatic rings. The first-order valence-corrected chi connectivity index (χ1v) is 6.55. The average molecular weight is 265 g/mol. The van der Waals surface area contributed by atoms with Crippen LogP contribution in [-0.2, 0) is 6.54 Å². The van der Waals surface area contributed by atoms with Crippen molar-refractivity contribution in [3.8, 4) is 0 Å². The van der Waals surface area contributed by atoms with E-state index < -0.39 is 0 Å². The molecule has 100 valence electrons. The van der Waals surface area contributed by atoms with E-state index in [0.29, 0.717) is 12.3 Å². The molecule has 0 aliphatic carbocycles. The lowest BCUT2D eigenvalue weighted by Crippen LogP contribution is -2.22. The van der Waals surface area contributed by atoms with E-state index in [2.05, 4.69) is 5.32 Å². The van der Waals surface area contributed by atoms with Gasteiger partial charge in [0, 0.05) is 11.9 Å². The summed E-state index contributed by atoms with van der Waals surface area (Å²) in [5.74, 6) is 0.157. The van der Waals surface area contributed by atoms with Crippen molar-refractivity contribution in [2.75, 3.05) is 0 Å². The van der Waals surface area contributed by atoms with E-state index in [9.17, 15) is 4.79 Å². The van der Waals surface area contributed by atoms with Crippen LogP contribution < -0.4 is 5.32 Å². The summed E-state index contributed by atoms with van der Waals surface area (Å²) in [5, 5.41) is 3.81. The van der Waals surface area contributed by atoms with E-state index in [1.54, 1.807) is 6.07 Å². The maximum Gasteiger partial charge on any atom is 0.287 e. The second kappa shape index (κ2) is 5.21. The Kier molecular flexibility index (Phi) is 3.25. The monoisotopic (exact) mass is 265 g/mol. The van der Waals surface area contributed by atoms with Crippen LogP contribution in [0.1, 0.15) is 21.7 Å². The molecule has 0 saturated heterocycles. The molecule has 0 aliphatic heterocycles. The summed E-state index contributed by atoms with van der Waals surface area (Å²) >= 11 is 0. The predicted octanol–water partition coefficient (Wildman–Crippen LogP) is 3.67. The summed E-state index contributed by atoms with van der Waals surface area (Å²) in [6, 6.07) is 17.4. The molecule has 0 bridgehead atoms. The molecule has 0 radical (unpaired) electrons. The van der Waals surface area contributed by atoms with Crippen LogP contribution in [0.4, 0.5) is 0 Å². The van der Waals surface area contributed by atoms with Gasteiger partial charge in [-0.25, -0.2) is 0 Å². The zero-order chi connectivity index (χ0) is 13.9. The Morgan fingerprint density at radius 3 is 2.70 bits per heavy atom. The lowest BCUT2D eigenvalue weighted by atomic mass is 10.2. The summed E-state index contributed by atoms with van der Waals surface area (Å²) in [6.45, 7) is 2.51. The summed E-state index contributed by atoms with van der Waals surface area (Å²) in [7, 11) is 0. The fourth-order valence-electron chi connectivity index (χ4n) is 2.14. The van der Waals surface area contributed by atoms with Gasteiger partial charge in [0.15, 0.2) is 5.76 Å². The van der Waals surface area contributed by atoms with Gasteiger partial charge in [0.05, 0.1) is 0 Å². The van der Waals surface area contributed by atoms with Gasteiger partial charge in [-0.2, -0.15) is 0 Å². The third-order valence-electron chi connectivity index (χ3n) is 3.19. The largest absolute Gasteiger partial charge is 0.451 e. The first-order chi connectivity index (χ1) is 9.72. The van der Waals surface area contributed by atoms with Gasteiger partial charge in [0.2, 0.25) is 0 Å². The highest BCUT2D eigenvalue weighted by molar-refractivity contribution is 5.96.